The first kappa shape index (κ1) is 21.5. The third kappa shape index (κ3) is 3.95. The molecular formula is C27H27N7O. The molecule has 4 heterocycles. The molecule has 1 aliphatic carbocycles. The number of imidazole rings is 1. The number of anilines is 1. The van der Waals surface area contributed by atoms with E-state index in [-0.39, 0.29) is 12.1 Å². The van der Waals surface area contributed by atoms with E-state index in [9.17, 15) is 0 Å². The number of aryl methyl sites for hydroxylation is 1. The summed E-state index contributed by atoms with van der Waals surface area (Å²) < 4.78 is 9.49. The number of fused-ring (bicyclic) bond motifs is 1. The SMILES string of the molecule is CO[C@H]1CC[C@H](Nc2nc(-c3nccn3C)nn3cc(-c4cccnc4)c(-c4ccccc4)c23)C1. The van der Waals surface area contributed by atoms with Gasteiger partial charge in [-0.2, -0.15) is 0 Å². The maximum absolute atomic E-state index is 5.62. The van der Waals surface area contributed by atoms with E-state index in [1.54, 1.807) is 19.5 Å². The number of pyridine rings is 1. The maximum atomic E-state index is 5.62. The molecule has 4 aromatic heterocycles. The molecule has 6 rings (SSSR count). The van der Waals surface area contributed by atoms with Crippen LogP contribution in [0.2, 0.25) is 0 Å². The topological polar surface area (TPSA) is 82.2 Å². The van der Waals surface area contributed by atoms with Crippen LogP contribution in [0.25, 0.3) is 39.4 Å². The molecule has 0 radical (unpaired) electrons. The lowest BCUT2D eigenvalue weighted by molar-refractivity contribution is 0.108. The number of hydrogen-bond acceptors (Lipinski definition) is 6. The standard InChI is InChI=1S/C27H27N7O/c1-33-14-13-29-27(33)26-31-25(30-20-10-11-21(15-20)35-2)24-23(18-7-4-3-5-8-18)22(17-34(24)32-26)19-9-6-12-28-16-19/h3-9,12-14,16-17,20-21H,10-11,15H2,1-2H3,(H,30,31,32)/t20-,21-/m0/s1. The third-order valence-corrected chi connectivity index (χ3v) is 6.75. The fraction of sp³-hybridized carbons (Fsp3) is 0.259. The van der Waals surface area contributed by atoms with Crippen molar-refractivity contribution in [2.24, 2.45) is 7.05 Å². The lowest BCUT2D eigenvalue weighted by Crippen LogP contribution is -2.19. The Bertz CT molecular complexity index is 1460. The highest BCUT2D eigenvalue weighted by molar-refractivity contribution is 5.99. The average Bonchev–Trinajstić information content (AvgIpc) is 3.63. The van der Waals surface area contributed by atoms with Gasteiger partial charge in [0, 0.05) is 67.9 Å². The van der Waals surface area contributed by atoms with Gasteiger partial charge >= 0.3 is 0 Å². The molecule has 1 saturated carbocycles. The molecule has 0 saturated heterocycles. The second-order valence-corrected chi connectivity index (χ2v) is 8.98. The Morgan fingerprint density at radius 1 is 1.03 bits per heavy atom. The van der Waals surface area contributed by atoms with Gasteiger partial charge in [-0.15, -0.1) is 5.10 Å². The number of methoxy groups -OCH3 is 1. The van der Waals surface area contributed by atoms with Crippen molar-refractivity contribution in [3.05, 3.63) is 73.4 Å². The zero-order valence-electron chi connectivity index (χ0n) is 19.8. The zero-order chi connectivity index (χ0) is 23.8. The number of ether oxygens (including phenoxy) is 1. The molecule has 5 aromatic rings. The molecule has 0 amide bonds. The van der Waals surface area contributed by atoms with Gasteiger partial charge in [0.15, 0.2) is 11.6 Å². The lowest BCUT2D eigenvalue weighted by atomic mass is 9.98. The van der Waals surface area contributed by atoms with Crippen LogP contribution >= 0.6 is 0 Å². The highest BCUT2D eigenvalue weighted by Crippen LogP contribution is 2.40. The third-order valence-electron chi connectivity index (χ3n) is 6.75. The summed E-state index contributed by atoms with van der Waals surface area (Å²) >= 11 is 0. The van der Waals surface area contributed by atoms with Crippen LogP contribution in [0.3, 0.4) is 0 Å². The van der Waals surface area contributed by atoms with Crippen molar-refractivity contribution in [1.29, 1.82) is 0 Å². The van der Waals surface area contributed by atoms with Crippen molar-refractivity contribution in [1.82, 2.24) is 29.1 Å². The first-order valence-electron chi connectivity index (χ1n) is 11.9. The summed E-state index contributed by atoms with van der Waals surface area (Å²) in [6.07, 6.45) is 12.7. The molecule has 8 nitrogen and oxygen atoms in total. The zero-order valence-corrected chi connectivity index (χ0v) is 19.8. The van der Waals surface area contributed by atoms with E-state index < -0.39 is 0 Å². The van der Waals surface area contributed by atoms with Gasteiger partial charge in [-0.05, 0) is 30.9 Å². The van der Waals surface area contributed by atoms with E-state index in [4.69, 9.17) is 14.8 Å². The maximum Gasteiger partial charge on any atom is 0.218 e. The van der Waals surface area contributed by atoms with Crippen molar-refractivity contribution in [3.63, 3.8) is 0 Å². The first-order valence-corrected chi connectivity index (χ1v) is 11.9. The fourth-order valence-corrected chi connectivity index (χ4v) is 4.98. The minimum atomic E-state index is 0.269. The molecule has 0 bridgehead atoms. The van der Waals surface area contributed by atoms with Crippen molar-refractivity contribution >= 4 is 11.3 Å². The number of benzene rings is 1. The summed E-state index contributed by atoms with van der Waals surface area (Å²) in [6.45, 7) is 0. The van der Waals surface area contributed by atoms with E-state index in [0.29, 0.717) is 11.6 Å². The Morgan fingerprint density at radius 3 is 2.60 bits per heavy atom. The average molecular weight is 466 g/mol. The van der Waals surface area contributed by atoms with Crippen LogP contribution < -0.4 is 5.32 Å². The van der Waals surface area contributed by atoms with Gasteiger partial charge in [-0.3, -0.25) is 4.98 Å². The number of aromatic nitrogens is 6. The van der Waals surface area contributed by atoms with E-state index in [2.05, 4.69) is 51.8 Å². The fourth-order valence-electron chi connectivity index (χ4n) is 4.98. The summed E-state index contributed by atoms with van der Waals surface area (Å²) in [5.74, 6) is 2.09. The number of hydrogen-bond donors (Lipinski definition) is 1. The van der Waals surface area contributed by atoms with Gasteiger partial charge in [0.2, 0.25) is 5.82 Å². The van der Waals surface area contributed by atoms with Crippen molar-refractivity contribution < 1.29 is 4.74 Å². The van der Waals surface area contributed by atoms with E-state index in [1.807, 2.05) is 40.7 Å². The molecule has 1 aliphatic rings. The summed E-state index contributed by atoms with van der Waals surface area (Å²) in [4.78, 5) is 13.9. The Balaban J connectivity index is 1.60. The lowest BCUT2D eigenvalue weighted by Gasteiger charge is -2.16. The van der Waals surface area contributed by atoms with Gasteiger partial charge in [0.1, 0.15) is 5.52 Å². The van der Waals surface area contributed by atoms with Crippen LogP contribution in [0.4, 0.5) is 5.82 Å². The molecule has 0 aliphatic heterocycles. The van der Waals surface area contributed by atoms with Gasteiger partial charge in [-0.1, -0.05) is 36.4 Å². The Labute approximate surface area is 203 Å². The van der Waals surface area contributed by atoms with Crippen LogP contribution in [0, 0.1) is 0 Å². The Kier molecular flexibility index (Phi) is 5.50. The van der Waals surface area contributed by atoms with Crippen molar-refractivity contribution in [3.8, 4) is 33.9 Å². The summed E-state index contributed by atoms with van der Waals surface area (Å²) in [7, 11) is 3.74. The van der Waals surface area contributed by atoms with Crippen LogP contribution in [-0.4, -0.2) is 48.4 Å². The molecule has 0 spiro atoms. The predicted octanol–water partition coefficient (Wildman–Crippen LogP) is 4.84. The summed E-state index contributed by atoms with van der Waals surface area (Å²) in [6, 6.07) is 14.7. The van der Waals surface area contributed by atoms with Gasteiger partial charge in [-0.25, -0.2) is 14.5 Å². The van der Waals surface area contributed by atoms with Gasteiger partial charge in [0.05, 0.1) is 6.10 Å². The summed E-state index contributed by atoms with van der Waals surface area (Å²) in [5, 5.41) is 8.65. The minimum absolute atomic E-state index is 0.269. The highest BCUT2D eigenvalue weighted by Gasteiger charge is 2.27. The Hall–Kier alpha value is -4.04. The molecule has 8 heteroatoms. The van der Waals surface area contributed by atoms with Crippen LogP contribution in [-0.2, 0) is 11.8 Å². The van der Waals surface area contributed by atoms with E-state index in [0.717, 1.165) is 52.9 Å². The Morgan fingerprint density at radius 2 is 1.89 bits per heavy atom. The quantitative estimate of drug-likeness (QED) is 0.387. The minimum Gasteiger partial charge on any atom is -0.381 e. The molecule has 176 valence electrons. The molecule has 0 unspecified atom stereocenters. The molecular weight excluding hydrogens is 438 g/mol. The second kappa shape index (κ2) is 8.96. The van der Waals surface area contributed by atoms with Crippen LogP contribution in [0.15, 0.2) is 73.4 Å². The summed E-state index contributed by atoms with van der Waals surface area (Å²) in [5.41, 5.74) is 5.20. The second-order valence-electron chi connectivity index (χ2n) is 8.98. The molecule has 2 atom stereocenters. The monoisotopic (exact) mass is 465 g/mol. The van der Waals surface area contributed by atoms with Crippen LogP contribution in [0.1, 0.15) is 19.3 Å². The van der Waals surface area contributed by atoms with Gasteiger partial charge in [0.25, 0.3) is 0 Å². The van der Waals surface area contributed by atoms with Crippen molar-refractivity contribution in [2.75, 3.05) is 12.4 Å². The first-order chi connectivity index (χ1) is 17.2. The molecule has 1 N–H and O–H groups in total. The normalized spacial score (nSPS) is 17.8. The number of nitrogens with one attached hydrogen (secondary N) is 1. The van der Waals surface area contributed by atoms with Gasteiger partial charge < -0.3 is 14.6 Å². The van der Waals surface area contributed by atoms with Crippen LogP contribution in [0.5, 0.6) is 0 Å². The van der Waals surface area contributed by atoms with E-state index >= 15 is 0 Å². The molecule has 1 aromatic carbocycles. The van der Waals surface area contributed by atoms with E-state index in [1.165, 1.54) is 0 Å². The largest absolute Gasteiger partial charge is 0.381 e. The predicted molar refractivity (Wildman–Crippen MR) is 136 cm³/mol. The number of nitrogens with zero attached hydrogens (tertiary/aromatic N) is 6. The van der Waals surface area contributed by atoms with Crippen molar-refractivity contribution in [2.45, 2.75) is 31.4 Å². The number of rotatable bonds is 6. The molecule has 35 heavy (non-hydrogen) atoms. The molecule has 1 fully saturated rings. The smallest absolute Gasteiger partial charge is 0.218 e. The highest BCUT2D eigenvalue weighted by atomic mass is 16.5.